The molecule has 0 aliphatic rings. The van der Waals surface area contributed by atoms with Gasteiger partial charge in [-0.15, -0.1) is 23.1 Å². The van der Waals surface area contributed by atoms with E-state index in [9.17, 15) is 9.59 Å². The minimum atomic E-state index is -1.07. The summed E-state index contributed by atoms with van der Waals surface area (Å²) >= 11 is 8.53. The number of carboxylic acids is 1. The van der Waals surface area contributed by atoms with Crippen LogP contribution in [0.4, 0.5) is 0 Å². The van der Waals surface area contributed by atoms with Gasteiger partial charge in [-0.25, -0.2) is 0 Å². The molecule has 0 bridgehead atoms. The molecule has 1 amide bonds. The van der Waals surface area contributed by atoms with E-state index in [0.717, 1.165) is 4.88 Å². The molecule has 118 valence electrons. The van der Waals surface area contributed by atoms with E-state index in [-0.39, 0.29) is 11.7 Å². The van der Waals surface area contributed by atoms with E-state index in [0.29, 0.717) is 10.9 Å². The molecule has 0 radical (unpaired) electrons. The summed E-state index contributed by atoms with van der Waals surface area (Å²) in [6.07, 6.45) is 0. The smallest absolute Gasteiger partial charge is 0.321 e. The molecule has 5 nitrogen and oxygen atoms in total. The fourth-order valence-corrected chi connectivity index (χ4v) is 3.64. The molecule has 0 aromatic carbocycles. The third kappa shape index (κ3) is 5.50. The van der Waals surface area contributed by atoms with E-state index in [1.165, 1.54) is 23.1 Å². The molecule has 1 aromatic rings. The number of thioether (sulfide) groups is 1. The molecule has 3 N–H and O–H groups in total. The van der Waals surface area contributed by atoms with Crippen molar-refractivity contribution in [2.75, 3.05) is 12.8 Å². The third-order valence-corrected chi connectivity index (χ3v) is 5.64. The van der Waals surface area contributed by atoms with Crippen LogP contribution in [0, 0.1) is 0 Å². The average Bonchev–Trinajstić information content (AvgIpc) is 2.80. The SMILES string of the molecule is CN(Cc1ccc(Cl)s1)C(=O)CSC(C)(C)[C@H](N)C(=O)O. The van der Waals surface area contributed by atoms with Crippen LogP contribution in [0.25, 0.3) is 0 Å². The zero-order valence-electron chi connectivity index (χ0n) is 12.1. The second-order valence-electron chi connectivity index (χ2n) is 5.16. The zero-order valence-corrected chi connectivity index (χ0v) is 14.5. The second kappa shape index (κ2) is 7.49. The van der Waals surface area contributed by atoms with Gasteiger partial charge in [0.25, 0.3) is 0 Å². The summed E-state index contributed by atoms with van der Waals surface area (Å²) in [7, 11) is 1.71. The van der Waals surface area contributed by atoms with E-state index in [2.05, 4.69) is 0 Å². The first-order chi connectivity index (χ1) is 9.63. The number of nitrogens with zero attached hydrogens (tertiary/aromatic N) is 1. The van der Waals surface area contributed by atoms with Crippen LogP contribution in [-0.4, -0.2) is 45.5 Å². The minimum absolute atomic E-state index is 0.0739. The van der Waals surface area contributed by atoms with E-state index in [1.54, 1.807) is 31.9 Å². The Morgan fingerprint density at radius 1 is 1.52 bits per heavy atom. The predicted octanol–water partition coefficient (Wildman–Crippen LogP) is 2.28. The monoisotopic (exact) mass is 350 g/mol. The van der Waals surface area contributed by atoms with Crippen molar-refractivity contribution in [3.8, 4) is 0 Å². The molecule has 1 atom stereocenters. The summed E-state index contributed by atoms with van der Waals surface area (Å²) in [6, 6.07) is 2.66. The van der Waals surface area contributed by atoms with Crippen LogP contribution in [0.2, 0.25) is 4.34 Å². The fraction of sp³-hybridized carbons (Fsp3) is 0.538. The van der Waals surface area contributed by atoms with Crippen LogP contribution >= 0.6 is 34.7 Å². The number of amides is 1. The lowest BCUT2D eigenvalue weighted by Crippen LogP contribution is -2.47. The number of halogens is 1. The summed E-state index contributed by atoms with van der Waals surface area (Å²) in [5.41, 5.74) is 5.62. The van der Waals surface area contributed by atoms with Gasteiger partial charge >= 0.3 is 5.97 Å². The second-order valence-corrected chi connectivity index (χ2v) is 8.59. The van der Waals surface area contributed by atoms with E-state index in [4.69, 9.17) is 22.4 Å². The molecular formula is C13H19ClN2O3S2. The maximum Gasteiger partial charge on any atom is 0.321 e. The van der Waals surface area contributed by atoms with Crippen LogP contribution in [0.5, 0.6) is 0 Å². The fourth-order valence-electron chi connectivity index (χ4n) is 1.50. The third-order valence-electron chi connectivity index (χ3n) is 3.03. The quantitative estimate of drug-likeness (QED) is 0.788. The van der Waals surface area contributed by atoms with Crippen molar-refractivity contribution in [3.63, 3.8) is 0 Å². The molecule has 0 spiro atoms. The number of carbonyl (C=O) groups excluding carboxylic acids is 1. The molecule has 0 saturated heterocycles. The van der Waals surface area contributed by atoms with Crippen molar-refractivity contribution in [1.82, 2.24) is 4.90 Å². The Hall–Kier alpha value is -0.760. The molecule has 0 unspecified atom stereocenters. The van der Waals surface area contributed by atoms with Crippen molar-refractivity contribution in [2.24, 2.45) is 5.73 Å². The molecule has 21 heavy (non-hydrogen) atoms. The number of thiophene rings is 1. The van der Waals surface area contributed by atoms with Crippen molar-refractivity contribution in [3.05, 3.63) is 21.3 Å². The van der Waals surface area contributed by atoms with Gasteiger partial charge in [-0.3, -0.25) is 9.59 Å². The summed E-state index contributed by atoms with van der Waals surface area (Å²) < 4.78 is -0.0250. The van der Waals surface area contributed by atoms with E-state index >= 15 is 0 Å². The first-order valence-electron chi connectivity index (χ1n) is 6.24. The number of nitrogens with two attached hydrogens (primary N) is 1. The average molecular weight is 351 g/mol. The van der Waals surface area contributed by atoms with Crippen LogP contribution in [-0.2, 0) is 16.1 Å². The topological polar surface area (TPSA) is 83.6 Å². The standard InChI is InChI=1S/C13H19ClN2O3S2/c1-13(2,11(15)12(18)19)20-7-10(17)16(3)6-8-4-5-9(14)21-8/h4-5,11H,6-7,15H2,1-3H3,(H,18,19)/t11-/m1/s1. The molecule has 1 heterocycles. The lowest BCUT2D eigenvalue weighted by Gasteiger charge is -2.28. The zero-order chi connectivity index (χ0) is 16.2. The van der Waals surface area contributed by atoms with Crippen LogP contribution < -0.4 is 5.73 Å². The van der Waals surface area contributed by atoms with Gasteiger partial charge in [0.2, 0.25) is 5.91 Å². The highest BCUT2D eigenvalue weighted by Gasteiger charge is 2.33. The van der Waals surface area contributed by atoms with Gasteiger partial charge < -0.3 is 15.7 Å². The number of hydrogen-bond acceptors (Lipinski definition) is 5. The van der Waals surface area contributed by atoms with Gasteiger partial charge in [0.1, 0.15) is 6.04 Å². The maximum atomic E-state index is 12.1. The Bertz CT molecular complexity index is 519. The molecule has 0 saturated carbocycles. The maximum absolute atomic E-state index is 12.1. The van der Waals surface area contributed by atoms with Gasteiger partial charge in [-0.1, -0.05) is 11.6 Å². The van der Waals surface area contributed by atoms with Gasteiger partial charge in [-0.2, -0.15) is 0 Å². The number of aliphatic carboxylic acids is 1. The van der Waals surface area contributed by atoms with Gasteiger partial charge in [-0.05, 0) is 26.0 Å². The highest BCUT2D eigenvalue weighted by Crippen LogP contribution is 2.28. The number of hydrogen-bond donors (Lipinski definition) is 2. The molecular weight excluding hydrogens is 332 g/mol. The molecule has 0 aliphatic heterocycles. The normalized spacial score (nSPS) is 13.0. The Kier molecular flexibility index (Phi) is 6.52. The Balaban J connectivity index is 2.51. The molecule has 0 fully saturated rings. The molecule has 1 rings (SSSR count). The van der Waals surface area contributed by atoms with Crippen LogP contribution in [0.1, 0.15) is 18.7 Å². The van der Waals surface area contributed by atoms with Gasteiger partial charge in [0.05, 0.1) is 16.6 Å². The molecule has 0 aliphatic carbocycles. The van der Waals surface area contributed by atoms with Gasteiger partial charge in [0, 0.05) is 16.7 Å². The Morgan fingerprint density at radius 2 is 2.14 bits per heavy atom. The number of carbonyl (C=O) groups is 2. The van der Waals surface area contributed by atoms with Crippen LogP contribution in [0.3, 0.4) is 0 Å². The van der Waals surface area contributed by atoms with Gasteiger partial charge in [0.15, 0.2) is 0 Å². The summed E-state index contributed by atoms with van der Waals surface area (Å²) in [5.74, 6) is -0.958. The predicted molar refractivity (Wildman–Crippen MR) is 88.0 cm³/mol. The van der Waals surface area contributed by atoms with E-state index in [1.807, 2.05) is 6.07 Å². The summed E-state index contributed by atoms with van der Waals surface area (Å²) in [5, 5.41) is 8.94. The first-order valence-corrected chi connectivity index (χ1v) is 8.42. The number of carboxylic acid groups (broad SMARTS) is 1. The first kappa shape index (κ1) is 18.3. The lowest BCUT2D eigenvalue weighted by molar-refractivity contribution is -0.139. The number of rotatable bonds is 7. The largest absolute Gasteiger partial charge is 0.480 e. The summed E-state index contributed by atoms with van der Waals surface area (Å²) in [6.45, 7) is 3.94. The Morgan fingerprint density at radius 3 is 2.62 bits per heavy atom. The van der Waals surface area contributed by atoms with Crippen molar-refractivity contribution in [1.29, 1.82) is 0 Å². The molecule has 8 heteroatoms. The lowest BCUT2D eigenvalue weighted by atomic mass is 10.1. The Labute approximate surface area is 137 Å². The highest BCUT2D eigenvalue weighted by molar-refractivity contribution is 8.01. The minimum Gasteiger partial charge on any atom is -0.480 e. The summed E-state index contributed by atoms with van der Waals surface area (Å²) in [4.78, 5) is 25.6. The van der Waals surface area contributed by atoms with E-state index < -0.39 is 16.8 Å². The van der Waals surface area contributed by atoms with Crippen molar-refractivity contribution in [2.45, 2.75) is 31.2 Å². The molecule has 1 aromatic heterocycles. The highest BCUT2D eigenvalue weighted by atomic mass is 35.5. The van der Waals surface area contributed by atoms with Crippen molar-refractivity contribution < 1.29 is 14.7 Å². The van der Waals surface area contributed by atoms with Crippen LogP contribution in [0.15, 0.2) is 12.1 Å². The van der Waals surface area contributed by atoms with Crippen molar-refractivity contribution >= 4 is 46.6 Å².